The summed E-state index contributed by atoms with van der Waals surface area (Å²) in [7, 11) is 1.81. The van der Waals surface area contributed by atoms with Gasteiger partial charge in [0, 0.05) is 25.8 Å². The second-order valence-electron chi connectivity index (χ2n) is 5.67. The van der Waals surface area contributed by atoms with Crippen LogP contribution in [-0.4, -0.2) is 37.2 Å². The second-order valence-corrected chi connectivity index (χ2v) is 5.67. The normalized spacial score (nSPS) is 23.1. The smallest absolute Gasteiger partial charge is 0.0777 e. The Morgan fingerprint density at radius 3 is 3.05 bits per heavy atom. The van der Waals surface area contributed by atoms with Crippen molar-refractivity contribution in [1.29, 1.82) is 0 Å². The summed E-state index contributed by atoms with van der Waals surface area (Å²) in [5.74, 6) is 5.99. The Bertz CT molecular complexity index is 503. The number of nitrogens with two attached hydrogens (primary N) is 1. The Morgan fingerprint density at radius 1 is 1.45 bits per heavy atom. The quantitative estimate of drug-likeness (QED) is 0.855. The molecule has 0 bridgehead atoms. The summed E-state index contributed by atoms with van der Waals surface area (Å²) in [6, 6.07) is 8.41. The average Bonchev–Trinajstić information content (AvgIpc) is 2.46. The number of hydrogen-bond acceptors (Lipinski definition) is 3. The molecule has 0 saturated carbocycles. The maximum atomic E-state index is 5.65. The van der Waals surface area contributed by atoms with Gasteiger partial charge in [-0.2, -0.15) is 0 Å². The molecule has 1 saturated heterocycles. The first-order valence-corrected chi connectivity index (χ1v) is 7.20. The van der Waals surface area contributed by atoms with Crippen molar-refractivity contribution in [2.45, 2.75) is 31.9 Å². The molecule has 1 aromatic rings. The summed E-state index contributed by atoms with van der Waals surface area (Å²) in [4.78, 5) is 2.46. The molecule has 1 heterocycles. The molecule has 2 N–H and O–H groups in total. The van der Waals surface area contributed by atoms with Crippen molar-refractivity contribution in [3.63, 3.8) is 0 Å². The maximum absolute atomic E-state index is 5.65. The van der Waals surface area contributed by atoms with Gasteiger partial charge in [0.25, 0.3) is 0 Å². The van der Waals surface area contributed by atoms with Gasteiger partial charge >= 0.3 is 0 Å². The molecular formula is C17H24N2O. The van der Waals surface area contributed by atoms with Crippen LogP contribution in [0.3, 0.4) is 0 Å². The molecule has 1 aliphatic heterocycles. The van der Waals surface area contributed by atoms with Crippen molar-refractivity contribution >= 4 is 0 Å². The number of hydrogen-bond donors (Lipinski definition) is 1. The van der Waals surface area contributed by atoms with Crippen LogP contribution in [0.25, 0.3) is 0 Å². The highest BCUT2D eigenvalue weighted by Gasteiger charge is 2.30. The standard InChI is InChI=1S/C17H24N2O/c1-17(20-2)9-5-11-19(14-17)13-16-7-3-6-15(12-16)8-4-10-18/h3,6-7,12H,5,9-11,13-14,18H2,1-2H3. The molecule has 0 amide bonds. The van der Waals surface area contributed by atoms with Crippen LogP contribution in [0.15, 0.2) is 24.3 Å². The number of benzene rings is 1. The lowest BCUT2D eigenvalue weighted by Gasteiger charge is -2.39. The summed E-state index contributed by atoms with van der Waals surface area (Å²) < 4.78 is 5.65. The SMILES string of the molecule is COC1(C)CCCN(Cc2cccc(C#CCN)c2)C1. The lowest BCUT2D eigenvalue weighted by Crippen LogP contribution is -2.46. The highest BCUT2D eigenvalue weighted by molar-refractivity contribution is 5.37. The zero-order valence-electron chi connectivity index (χ0n) is 12.5. The van der Waals surface area contributed by atoms with Gasteiger partial charge in [0.1, 0.15) is 0 Å². The van der Waals surface area contributed by atoms with Gasteiger partial charge in [0.15, 0.2) is 0 Å². The van der Waals surface area contributed by atoms with Crippen LogP contribution in [0.4, 0.5) is 0 Å². The number of nitrogens with zero attached hydrogens (tertiary/aromatic N) is 1. The van der Waals surface area contributed by atoms with E-state index in [1.54, 1.807) is 0 Å². The molecule has 20 heavy (non-hydrogen) atoms. The van der Waals surface area contributed by atoms with Crippen molar-refractivity contribution in [3.05, 3.63) is 35.4 Å². The molecule has 0 spiro atoms. The van der Waals surface area contributed by atoms with Crippen LogP contribution in [0.2, 0.25) is 0 Å². The molecule has 0 aromatic heterocycles. The molecule has 1 fully saturated rings. The van der Waals surface area contributed by atoms with Crippen LogP contribution >= 0.6 is 0 Å². The fraction of sp³-hybridized carbons (Fsp3) is 0.529. The second kappa shape index (κ2) is 6.90. The first kappa shape index (κ1) is 15.1. The minimum absolute atomic E-state index is 0.00475. The molecule has 2 rings (SSSR count). The number of piperidine rings is 1. The van der Waals surface area contributed by atoms with E-state index < -0.39 is 0 Å². The molecule has 108 valence electrons. The molecular weight excluding hydrogens is 248 g/mol. The van der Waals surface area contributed by atoms with Gasteiger partial charge in [-0.25, -0.2) is 0 Å². The van der Waals surface area contributed by atoms with E-state index in [9.17, 15) is 0 Å². The van der Waals surface area contributed by atoms with E-state index in [1.807, 2.05) is 13.2 Å². The third kappa shape index (κ3) is 4.08. The summed E-state index contributed by atoms with van der Waals surface area (Å²) in [6.45, 7) is 5.68. The van der Waals surface area contributed by atoms with Gasteiger partial charge in [-0.15, -0.1) is 0 Å². The minimum atomic E-state index is -0.00475. The van der Waals surface area contributed by atoms with E-state index in [0.717, 1.165) is 31.6 Å². The molecule has 0 radical (unpaired) electrons. The number of ether oxygens (including phenoxy) is 1. The fourth-order valence-electron chi connectivity index (χ4n) is 2.77. The van der Waals surface area contributed by atoms with Crippen LogP contribution in [-0.2, 0) is 11.3 Å². The van der Waals surface area contributed by atoms with E-state index in [-0.39, 0.29) is 5.60 Å². The fourth-order valence-corrected chi connectivity index (χ4v) is 2.77. The molecule has 0 aliphatic carbocycles. The molecule has 1 unspecified atom stereocenters. The molecule has 3 heteroatoms. The van der Waals surface area contributed by atoms with E-state index in [1.165, 1.54) is 12.0 Å². The predicted molar refractivity (Wildman–Crippen MR) is 82.3 cm³/mol. The third-order valence-corrected chi connectivity index (χ3v) is 3.90. The first-order valence-electron chi connectivity index (χ1n) is 7.20. The largest absolute Gasteiger partial charge is 0.377 e. The molecule has 3 nitrogen and oxygen atoms in total. The van der Waals surface area contributed by atoms with Gasteiger partial charge in [0.2, 0.25) is 0 Å². The summed E-state index contributed by atoms with van der Waals surface area (Å²) in [5, 5.41) is 0. The zero-order chi connectivity index (χ0) is 14.4. The minimum Gasteiger partial charge on any atom is -0.377 e. The van der Waals surface area contributed by atoms with Crippen LogP contribution in [0.1, 0.15) is 30.9 Å². The van der Waals surface area contributed by atoms with Crippen molar-refractivity contribution < 1.29 is 4.74 Å². The lowest BCUT2D eigenvalue weighted by atomic mass is 9.94. The van der Waals surface area contributed by atoms with Gasteiger partial charge in [-0.1, -0.05) is 24.0 Å². The predicted octanol–water partition coefficient (Wildman–Crippen LogP) is 2.00. The van der Waals surface area contributed by atoms with E-state index >= 15 is 0 Å². The number of rotatable bonds is 3. The first-order chi connectivity index (χ1) is 9.65. The highest BCUT2D eigenvalue weighted by atomic mass is 16.5. The Labute approximate surface area is 122 Å². The average molecular weight is 272 g/mol. The van der Waals surface area contributed by atoms with Crippen LogP contribution in [0, 0.1) is 11.8 Å². The topological polar surface area (TPSA) is 38.5 Å². The van der Waals surface area contributed by atoms with Crippen molar-refractivity contribution in [2.24, 2.45) is 5.73 Å². The number of methoxy groups -OCH3 is 1. The summed E-state index contributed by atoms with van der Waals surface area (Å²) >= 11 is 0. The third-order valence-electron chi connectivity index (χ3n) is 3.90. The van der Waals surface area contributed by atoms with Crippen LogP contribution in [0.5, 0.6) is 0 Å². The Balaban J connectivity index is 2.02. The Morgan fingerprint density at radius 2 is 2.30 bits per heavy atom. The van der Waals surface area contributed by atoms with Gasteiger partial charge < -0.3 is 10.5 Å². The zero-order valence-corrected chi connectivity index (χ0v) is 12.5. The lowest BCUT2D eigenvalue weighted by molar-refractivity contribution is -0.0527. The van der Waals surface area contributed by atoms with Gasteiger partial charge in [-0.05, 0) is 44.0 Å². The Hall–Kier alpha value is -1.34. The monoisotopic (exact) mass is 272 g/mol. The van der Waals surface area contributed by atoms with Crippen molar-refractivity contribution in [3.8, 4) is 11.8 Å². The van der Waals surface area contributed by atoms with Crippen LogP contribution < -0.4 is 5.73 Å². The maximum Gasteiger partial charge on any atom is 0.0777 e. The highest BCUT2D eigenvalue weighted by Crippen LogP contribution is 2.25. The molecule has 1 aromatic carbocycles. The van der Waals surface area contributed by atoms with Gasteiger partial charge in [-0.3, -0.25) is 4.90 Å². The molecule has 1 aliphatic rings. The van der Waals surface area contributed by atoms with Crippen molar-refractivity contribution in [1.82, 2.24) is 4.90 Å². The summed E-state index contributed by atoms with van der Waals surface area (Å²) in [5.41, 5.74) is 7.75. The summed E-state index contributed by atoms with van der Waals surface area (Å²) in [6.07, 6.45) is 2.33. The van der Waals surface area contributed by atoms with Gasteiger partial charge in [0.05, 0.1) is 12.1 Å². The molecule has 1 atom stereocenters. The Kier molecular flexibility index (Phi) is 5.19. The van der Waals surface area contributed by atoms with E-state index in [0.29, 0.717) is 6.54 Å². The number of likely N-dealkylation sites (tertiary alicyclic amines) is 1. The van der Waals surface area contributed by atoms with Crippen molar-refractivity contribution in [2.75, 3.05) is 26.7 Å². The van der Waals surface area contributed by atoms with E-state index in [2.05, 4.69) is 41.9 Å². The van der Waals surface area contributed by atoms with E-state index in [4.69, 9.17) is 10.5 Å².